The zero-order chi connectivity index (χ0) is 12.1. The molecule has 0 aromatic carbocycles. The Morgan fingerprint density at radius 2 is 2.25 bits per heavy atom. The molecule has 1 heterocycles. The van der Waals surface area contributed by atoms with Crippen molar-refractivity contribution in [1.29, 1.82) is 0 Å². The maximum absolute atomic E-state index is 11.7. The lowest BCUT2D eigenvalue weighted by Gasteiger charge is -2.18. The molecule has 5 nitrogen and oxygen atoms in total. The maximum Gasteiger partial charge on any atom is 0.326 e. The molecule has 0 saturated carbocycles. The summed E-state index contributed by atoms with van der Waals surface area (Å²) in [7, 11) is 0. The van der Waals surface area contributed by atoms with Crippen molar-refractivity contribution in [2.24, 2.45) is 5.92 Å². The van der Waals surface area contributed by atoms with E-state index in [1.54, 1.807) is 11.8 Å². The minimum atomic E-state index is -0.965. The van der Waals surface area contributed by atoms with E-state index in [1.807, 2.05) is 13.8 Å². The van der Waals surface area contributed by atoms with Crippen molar-refractivity contribution in [3.63, 3.8) is 0 Å². The Hall–Kier alpha value is -0.750. The molecule has 0 aromatic rings. The molecule has 6 heteroatoms. The lowest BCUT2D eigenvalue weighted by atomic mass is 10.0. The van der Waals surface area contributed by atoms with Gasteiger partial charge in [-0.15, -0.1) is 11.8 Å². The molecule has 0 aliphatic carbocycles. The Morgan fingerprint density at radius 1 is 1.56 bits per heavy atom. The zero-order valence-electron chi connectivity index (χ0n) is 9.53. The number of hydrogen-bond acceptors (Lipinski definition) is 4. The van der Waals surface area contributed by atoms with Crippen LogP contribution in [0.25, 0.3) is 0 Å². The van der Waals surface area contributed by atoms with Gasteiger partial charge in [0.15, 0.2) is 0 Å². The topological polar surface area (TPSA) is 78.4 Å². The van der Waals surface area contributed by atoms with Gasteiger partial charge in [0.2, 0.25) is 5.91 Å². The number of aliphatic carboxylic acids is 1. The molecule has 1 aliphatic heterocycles. The Kier molecular flexibility index (Phi) is 5.08. The Morgan fingerprint density at radius 3 is 2.69 bits per heavy atom. The van der Waals surface area contributed by atoms with Crippen LogP contribution < -0.4 is 10.6 Å². The molecule has 1 amide bonds. The van der Waals surface area contributed by atoms with E-state index in [0.29, 0.717) is 12.2 Å². The van der Waals surface area contributed by atoms with Crippen molar-refractivity contribution < 1.29 is 14.7 Å². The minimum absolute atomic E-state index is 0.210. The SMILES string of the molecule is CC(C)C[C@H](NC(=O)C1CSCN1)C(=O)O. The molecule has 0 radical (unpaired) electrons. The summed E-state index contributed by atoms with van der Waals surface area (Å²) in [6, 6.07) is -1.03. The summed E-state index contributed by atoms with van der Waals surface area (Å²) in [5.74, 6) is 0.526. The summed E-state index contributed by atoms with van der Waals surface area (Å²) < 4.78 is 0. The van der Waals surface area contributed by atoms with Gasteiger partial charge >= 0.3 is 5.97 Å². The molecular weight excluding hydrogens is 228 g/mol. The van der Waals surface area contributed by atoms with Crippen molar-refractivity contribution in [3.8, 4) is 0 Å². The summed E-state index contributed by atoms with van der Waals surface area (Å²) in [6.45, 7) is 3.87. The third-order valence-corrected chi connectivity index (χ3v) is 3.29. The monoisotopic (exact) mass is 246 g/mol. The van der Waals surface area contributed by atoms with E-state index in [-0.39, 0.29) is 17.9 Å². The van der Waals surface area contributed by atoms with E-state index < -0.39 is 12.0 Å². The average Bonchev–Trinajstić information content (AvgIpc) is 2.68. The normalized spacial score (nSPS) is 22.1. The van der Waals surface area contributed by atoms with Crippen molar-refractivity contribution in [1.82, 2.24) is 10.6 Å². The van der Waals surface area contributed by atoms with Crippen molar-refractivity contribution >= 4 is 23.6 Å². The third kappa shape index (κ3) is 4.02. The lowest BCUT2D eigenvalue weighted by molar-refractivity contribution is -0.142. The first-order chi connectivity index (χ1) is 7.50. The van der Waals surface area contributed by atoms with Gasteiger partial charge in [0.25, 0.3) is 0 Å². The van der Waals surface area contributed by atoms with Crippen molar-refractivity contribution in [2.75, 3.05) is 11.6 Å². The van der Waals surface area contributed by atoms with Crippen LogP contribution in [0.4, 0.5) is 0 Å². The number of rotatable bonds is 5. The Labute approximate surface area is 99.4 Å². The highest BCUT2D eigenvalue weighted by Gasteiger charge is 2.27. The highest BCUT2D eigenvalue weighted by Crippen LogP contribution is 2.11. The molecule has 0 aromatic heterocycles. The fourth-order valence-electron chi connectivity index (χ4n) is 1.53. The van der Waals surface area contributed by atoms with Gasteiger partial charge in [0.05, 0.1) is 6.04 Å². The van der Waals surface area contributed by atoms with E-state index in [1.165, 1.54) is 0 Å². The number of thioether (sulfide) groups is 1. The molecule has 1 saturated heterocycles. The quantitative estimate of drug-likeness (QED) is 0.649. The molecular formula is C10H18N2O3S. The first kappa shape index (κ1) is 13.3. The minimum Gasteiger partial charge on any atom is -0.480 e. The highest BCUT2D eigenvalue weighted by molar-refractivity contribution is 7.99. The number of nitrogens with one attached hydrogen (secondary N) is 2. The molecule has 92 valence electrons. The Balaban J connectivity index is 2.47. The predicted octanol–water partition coefficient (Wildman–Crippen LogP) is 0.264. The van der Waals surface area contributed by atoms with E-state index in [9.17, 15) is 9.59 Å². The van der Waals surface area contributed by atoms with E-state index >= 15 is 0 Å². The van der Waals surface area contributed by atoms with Gasteiger partial charge in [0, 0.05) is 11.6 Å². The fourth-order valence-corrected chi connectivity index (χ4v) is 2.47. The van der Waals surface area contributed by atoms with Crippen LogP contribution in [-0.4, -0.2) is 40.7 Å². The van der Waals surface area contributed by atoms with Gasteiger partial charge in [-0.1, -0.05) is 13.8 Å². The van der Waals surface area contributed by atoms with Gasteiger partial charge < -0.3 is 10.4 Å². The maximum atomic E-state index is 11.7. The first-order valence-corrected chi connectivity index (χ1v) is 6.50. The molecule has 0 bridgehead atoms. The molecule has 1 aliphatic rings. The molecule has 0 spiro atoms. The molecule has 16 heavy (non-hydrogen) atoms. The van der Waals surface area contributed by atoms with Gasteiger partial charge in [-0.2, -0.15) is 0 Å². The second kappa shape index (κ2) is 6.10. The molecule has 1 unspecified atom stereocenters. The highest BCUT2D eigenvalue weighted by atomic mass is 32.2. The van der Waals surface area contributed by atoms with E-state index in [2.05, 4.69) is 10.6 Å². The van der Waals surface area contributed by atoms with Crippen LogP contribution in [-0.2, 0) is 9.59 Å². The van der Waals surface area contributed by atoms with Gasteiger partial charge in [-0.3, -0.25) is 10.1 Å². The fraction of sp³-hybridized carbons (Fsp3) is 0.800. The van der Waals surface area contributed by atoms with Crippen LogP contribution in [0.2, 0.25) is 0 Å². The summed E-state index contributed by atoms with van der Waals surface area (Å²) in [5.41, 5.74) is 0. The van der Waals surface area contributed by atoms with Gasteiger partial charge in [-0.05, 0) is 12.3 Å². The van der Waals surface area contributed by atoms with Crippen LogP contribution >= 0.6 is 11.8 Å². The smallest absolute Gasteiger partial charge is 0.326 e. The van der Waals surface area contributed by atoms with Crippen LogP contribution in [0.5, 0.6) is 0 Å². The standard InChI is InChI=1S/C10H18N2O3S/c1-6(2)3-7(10(14)15)12-9(13)8-4-16-5-11-8/h6-8,11H,3-5H2,1-2H3,(H,12,13)(H,14,15)/t7-,8?/m0/s1. The van der Waals surface area contributed by atoms with Crippen LogP contribution in [0.3, 0.4) is 0 Å². The summed E-state index contributed by atoms with van der Waals surface area (Å²) in [6.07, 6.45) is 0.459. The van der Waals surface area contributed by atoms with E-state index in [4.69, 9.17) is 5.11 Å². The summed E-state index contributed by atoms with van der Waals surface area (Å²) in [5, 5.41) is 14.6. The molecule has 3 N–H and O–H groups in total. The molecule has 1 fully saturated rings. The summed E-state index contributed by atoms with van der Waals surface area (Å²) in [4.78, 5) is 22.6. The van der Waals surface area contributed by atoms with Crippen LogP contribution in [0.15, 0.2) is 0 Å². The average molecular weight is 246 g/mol. The molecule has 1 rings (SSSR count). The number of amides is 1. The largest absolute Gasteiger partial charge is 0.480 e. The predicted molar refractivity (Wildman–Crippen MR) is 63.3 cm³/mol. The first-order valence-electron chi connectivity index (χ1n) is 5.35. The zero-order valence-corrected chi connectivity index (χ0v) is 10.3. The van der Waals surface area contributed by atoms with Crippen LogP contribution in [0.1, 0.15) is 20.3 Å². The number of carboxylic acids is 1. The second-order valence-corrected chi connectivity index (χ2v) is 5.33. The van der Waals surface area contributed by atoms with Crippen molar-refractivity contribution in [2.45, 2.75) is 32.4 Å². The van der Waals surface area contributed by atoms with Gasteiger partial charge in [0.1, 0.15) is 6.04 Å². The van der Waals surface area contributed by atoms with Gasteiger partial charge in [-0.25, -0.2) is 4.79 Å². The Bertz CT molecular complexity index is 265. The number of carboxylic acid groups (broad SMARTS) is 1. The number of carbonyl (C=O) groups excluding carboxylic acids is 1. The van der Waals surface area contributed by atoms with E-state index in [0.717, 1.165) is 5.88 Å². The molecule has 2 atom stereocenters. The second-order valence-electron chi connectivity index (χ2n) is 4.30. The van der Waals surface area contributed by atoms with Crippen LogP contribution in [0, 0.1) is 5.92 Å². The lowest BCUT2D eigenvalue weighted by Crippen LogP contribution is -2.49. The summed E-state index contributed by atoms with van der Waals surface area (Å²) >= 11 is 1.64. The number of carbonyl (C=O) groups is 2. The van der Waals surface area contributed by atoms with Crippen molar-refractivity contribution in [3.05, 3.63) is 0 Å². The number of hydrogen-bond donors (Lipinski definition) is 3. The third-order valence-electron chi connectivity index (χ3n) is 2.35.